The van der Waals surface area contributed by atoms with Gasteiger partial charge in [-0.15, -0.1) is 0 Å². The van der Waals surface area contributed by atoms with Gasteiger partial charge in [0.15, 0.2) is 0 Å². The Morgan fingerprint density at radius 3 is 0.596 bits per heavy atom. The smallest absolute Gasteiger partial charge is 0.0964 e. The summed E-state index contributed by atoms with van der Waals surface area (Å²) in [4.78, 5) is 26.1. The van der Waals surface area contributed by atoms with Crippen molar-refractivity contribution in [2.45, 2.75) is 0 Å². The molecule has 0 spiro atoms. The quantitative estimate of drug-likeness (QED) is 0.173. The van der Waals surface area contributed by atoms with Crippen LogP contribution < -0.4 is 24.8 Å². The number of halogens is 4. The van der Waals surface area contributed by atoms with E-state index in [2.05, 4.69) is 103 Å². The van der Waals surface area contributed by atoms with Gasteiger partial charge in [0.05, 0.1) is 33.1 Å². The minimum absolute atomic E-state index is 0. The third-order valence-corrected chi connectivity index (χ3v) is 7.03. The zero-order valence-corrected chi connectivity index (χ0v) is 29.2. The summed E-state index contributed by atoms with van der Waals surface area (Å²) in [5.74, 6) is 0. The van der Waals surface area contributed by atoms with Crippen LogP contribution in [0.25, 0.3) is 65.4 Å². The number of benzene rings is 3. The van der Waals surface area contributed by atoms with Crippen molar-refractivity contribution in [1.29, 1.82) is 0 Å². The molecule has 9 aromatic rings. The summed E-state index contributed by atoms with van der Waals surface area (Å²) in [7, 11) is 9.71. The van der Waals surface area contributed by atoms with Gasteiger partial charge in [0.2, 0.25) is 0 Å². The Morgan fingerprint density at radius 1 is 0.298 bits per heavy atom. The van der Waals surface area contributed by atoms with Gasteiger partial charge < -0.3 is 24.8 Å². The fourth-order valence-corrected chi connectivity index (χ4v) is 5.04. The molecule has 0 fully saturated rings. The van der Waals surface area contributed by atoms with Crippen molar-refractivity contribution in [3.8, 4) is 0 Å². The van der Waals surface area contributed by atoms with Crippen molar-refractivity contribution < 1.29 is 40.0 Å². The molecule has 0 atom stereocenters. The molecule has 0 radical (unpaired) electrons. The van der Waals surface area contributed by atoms with Crippen molar-refractivity contribution in [1.82, 2.24) is 29.9 Å². The van der Waals surface area contributed by atoms with E-state index in [-0.39, 0.29) is 40.0 Å². The van der Waals surface area contributed by atoms with E-state index in [4.69, 9.17) is 19.4 Å². The van der Waals surface area contributed by atoms with Crippen molar-refractivity contribution in [3.63, 3.8) is 0 Å². The van der Waals surface area contributed by atoms with Crippen molar-refractivity contribution in [3.05, 3.63) is 146 Å². The van der Waals surface area contributed by atoms with Crippen LogP contribution in [-0.2, 0) is 15.1 Å². The summed E-state index contributed by atoms with van der Waals surface area (Å²) in [6, 6.07) is 36.4. The summed E-state index contributed by atoms with van der Waals surface area (Å²) in [5, 5.41) is 6.83. The summed E-state index contributed by atoms with van der Waals surface area (Å²) in [6.07, 6.45) is 10.8. The Kier molecular flexibility index (Phi) is 13.5. The van der Waals surface area contributed by atoms with Crippen molar-refractivity contribution in [2.24, 2.45) is 0 Å². The van der Waals surface area contributed by atoms with Crippen LogP contribution in [0.15, 0.2) is 146 Å². The van der Waals surface area contributed by atoms with Gasteiger partial charge in [0.25, 0.3) is 0 Å². The van der Waals surface area contributed by atoms with E-state index in [9.17, 15) is 0 Å². The van der Waals surface area contributed by atoms with E-state index in [0.29, 0.717) is 0 Å². The van der Waals surface area contributed by atoms with Gasteiger partial charge in [-0.2, -0.15) is 0 Å². The fourth-order valence-electron chi connectivity index (χ4n) is 5.04. The number of hydrogen-bond donors (Lipinski definition) is 0. The molecule has 236 valence electrons. The van der Waals surface area contributed by atoms with Gasteiger partial charge in [0, 0.05) is 69.5 Å². The molecule has 0 unspecified atom stereocenters. The molecule has 0 aliphatic heterocycles. The molecule has 6 heterocycles. The molecule has 6 aromatic heterocycles. The van der Waals surface area contributed by atoms with E-state index in [0.717, 1.165) is 65.4 Å². The molecular weight excluding hydrogens is 759 g/mol. The van der Waals surface area contributed by atoms with Crippen LogP contribution in [0.5, 0.6) is 0 Å². The number of rotatable bonds is 0. The molecule has 0 saturated heterocycles. The van der Waals surface area contributed by atoms with Crippen LogP contribution in [0.4, 0.5) is 0 Å². The van der Waals surface area contributed by atoms with E-state index >= 15 is 0 Å². The largest absolute Gasteiger partial charge is 0.254 e. The molecule has 0 amide bonds. The van der Waals surface area contributed by atoms with Gasteiger partial charge >= 0.3 is 34.5 Å². The second kappa shape index (κ2) is 17.7. The van der Waals surface area contributed by atoms with Gasteiger partial charge in [-0.3, -0.25) is 29.9 Å². The second-order valence-corrected chi connectivity index (χ2v) is 12.3. The average molecular weight is 784 g/mol. The molecule has 6 nitrogen and oxygen atoms in total. The molecule has 0 bridgehead atoms. The van der Waals surface area contributed by atoms with Gasteiger partial charge in [-0.1, -0.05) is 72.8 Å². The Balaban J connectivity index is 0.000000150. The van der Waals surface area contributed by atoms with Crippen LogP contribution in [0.1, 0.15) is 0 Å². The summed E-state index contributed by atoms with van der Waals surface area (Å²) < 4.78 is 0. The first-order chi connectivity index (χ1) is 22.3. The topological polar surface area (TPSA) is 77.3 Å². The van der Waals surface area contributed by atoms with Crippen molar-refractivity contribution in [2.75, 3.05) is 0 Å². The molecule has 3 aromatic carbocycles. The van der Waals surface area contributed by atoms with Gasteiger partial charge in [-0.25, -0.2) is 0 Å². The van der Waals surface area contributed by atoms with Crippen LogP contribution in [0.3, 0.4) is 0 Å². The first-order valence-corrected chi connectivity index (χ1v) is 18.3. The third-order valence-electron chi connectivity index (χ3n) is 7.03. The maximum atomic E-state index is 4.85. The van der Waals surface area contributed by atoms with E-state index in [1.807, 2.05) is 36.4 Å². The zero-order chi connectivity index (χ0) is 30.8. The Labute approximate surface area is 299 Å². The standard InChI is InChI=1S/3C12H8N2.4ClH.Ru/c3*1-3-9-5-6-10-4-2-8-14-12(10)11(9)13-7-1;;;;;/h3*1-8H;4*1H;/q;;;;;;;+2/p-4. The number of aromatic nitrogens is 6. The summed E-state index contributed by atoms with van der Waals surface area (Å²) >= 11 is -0.346. The number of pyridine rings is 6. The molecule has 0 saturated carbocycles. The SMILES string of the molecule is [Cl-].[Cl-].[Cl][Ru][Cl].c1cnc2c(c1)ccc1cccnc12.c1cnc2c(c1)ccc1cccnc12.c1cnc2c(c1)ccc1cccnc12. The Morgan fingerprint density at radius 2 is 0.447 bits per heavy atom. The first-order valence-electron chi connectivity index (χ1n) is 13.9. The summed E-state index contributed by atoms with van der Waals surface area (Å²) in [6.45, 7) is 0. The third kappa shape index (κ3) is 8.44. The van der Waals surface area contributed by atoms with Crippen LogP contribution >= 0.6 is 19.4 Å². The molecule has 11 heteroatoms. The number of hydrogen-bond acceptors (Lipinski definition) is 6. The minimum atomic E-state index is -0.346. The molecule has 0 aliphatic carbocycles. The fraction of sp³-hybridized carbons (Fsp3) is 0. The van der Waals surface area contributed by atoms with Crippen LogP contribution in [0.2, 0.25) is 0 Å². The average Bonchev–Trinajstić information content (AvgIpc) is 3.12. The van der Waals surface area contributed by atoms with Crippen molar-refractivity contribution >= 4 is 84.8 Å². The number of fused-ring (bicyclic) bond motifs is 9. The van der Waals surface area contributed by atoms with Crippen LogP contribution in [-0.4, -0.2) is 29.9 Å². The normalized spacial score (nSPS) is 10.2. The Bertz CT molecular complexity index is 1950. The monoisotopic (exact) mass is 782 g/mol. The maximum absolute atomic E-state index is 4.85. The Hall–Kier alpha value is -4.10. The van der Waals surface area contributed by atoms with E-state index < -0.39 is 0 Å². The van der Waals surface area contributed by atoms with E-state index in [1.54, 1.807) is 37.2 Å². The molecule has 47 heavy (non-hydrogen) atoms. The molecular formula is C36H24Cl4N6Ru-2. The first kappa shape index (κ1) is 35.8. The second-order valence-electron chi connectivity index (χ2n) is 9.70. The van der Waals surface area contributed by atoms with E-state index in [1.165, 1.54) is 0 Å². The maximum Gasteiger partial charge on any atom is 0.0964 e. The minimum Gasteiger partial charge on any atom is -0.254 e. The number of nitrogens with zero attached hydrogens (tertiary/aromatic N) is 6. The van der Waals surface area contributed by atoms with Crippen LogP contribution in [0, 0.1) is 0 Å². The molecule has 0 aliphatic rings. The van der Waals surface area contributed by atoms with Gasteiger partial charge in [-0.05, 0) is 36.4 Å². The predicted molar refractivity (Wildman–Crippen MR) is 183 cm³/mol. The zero-order valence-electron chi connectivity index (χ0n) is 24.4. The predicted octanol–water partition coefficient (Wildman–Crippen LogP) is 3.73. The van der Waals surface area contributed by atoms with Gasteiger partial charge in [0.1, 0.15) is 0 Å². The molecule has 9 rings (SSSR count). The summed E-state index contributed by atoms with van der Waals surface area (Å²) in [5.41, 5.74) is 5.86. The molecule has 0 N–H and O–H groups in total.